The highest BCUT2D eigenvalue weighted by atomic mass is 16.5. The third kappa shape index (κ3) is 2.24. The number of ether oxygens (including phenoxy) is 1. The van der Waals surface area contributed by atoms with Crippen molar-refractivity contribution in [2.75, 3.05) is 7.11 Å². The maximum absolute atomic E-state index is 5.77. The Hall–Kier alpha value is -2.39. The van der Waals surface area contributed by atoms with Gasteiger partial charge in [0.25, 0.3) is 0 Å². The molecule has 0 aliphatic heterocycles. The highest BCUT2D eigenvalue weighted by molar-refractivity contribution is 5.84. The Morgan fingerprint density at radius 1 is 1.05 bits per heavy atom. The number of nitrogens with zero attached hydrogens (tertiary/aromatic N) is 1. The first-order chi connectivity index (χ1) is 9.81. The van der Waals surface area contributed by atoms with Crippen LogP contribution in [0.5, 0.6) is 5.75 Å². The summed E-state index contributed by atoms with van der Waals surface area (Å²) >= 11 is 0. The molecule has 1 aromatic heterocycles. The van der Waals surface area contributed by atoms with Crippen LogP contribution in [0.4, 0.5) is 0 Å². The quantitative estimate of drug-likeness (QED) is 0.789. The van der Waals surface area contributed by atoms with E-state index in [0.29, 0.717) is 6.54 Å². The SMILES string of the molecule is COc1ccc(-c2ccc3ncccc3c2)cc1CN. The van der Waals surface area contributed by atoms with Crippen LogP contribution in [0.15, 0.2) is 54.7 Å². The Bertz CT molecular complexity index is 753. The van der Waals surface area contributed by atoms with E-state index >= 15 is 0 Å². The molecule has 0 bridgehead atoms. The second kappa shape index (κ2) is 5.31. The van der Waals surface area contributed by atoms with Crippen LogP contribution in [-0.4, -0.2) is 12.1 Å². The molecule has 0 aliphatic carbocycles. The molecular formula is C17H16N2O. The molecule has 0 saturated heterocycles. The fourth-order valence-electron chi connectivity index (χ4n) is 2.37. The van der Waals surface area contributed by atoms with Gasteiger partial charge in [0.1, 0.15) is 5.75 Å². The fourth-order valence-corrected chi connectivity index (χ4v) is 2.37. The van der Waals surface area contributed by atoms with E-state index in [9.17, 15) is 0 Å². The third-order valence-electron chi connectivity index (χ3n) is 3.44. The van der Waals surface area contributed by atoms with Crippen molar-refractivity contribution in [3.8, 4) is 16.9 Å². The Morgan fingerprint density at radius 3 is 2.65 bits per heavy atom. The minimum absolute atomic E-state index is 0.464. The molecule has 0 saturated carbocycles. The van der Waals surface area contributed by atoms with Crippen LogP contribution < -0.4 is 10.5 Å². The highest BCUT2D eigenvalue weighted by Gasteiger charge is 2.05. The van der Waals surface area contributed by atoms with Crippen LogP contribution in [0.3, 0.4) is 0 Å². The molecule has 100 valence electrons. The monoisotopic (exact) mass is 264 g/mol. The summed E-state index contributed by atoms with van der Waals surface area (Å²) in [6.45, 7) is 0.464. The van der Waals surface area contributed by atoms with Gasteiger partial charge < -0.3 is 10.5 Å². The van der Waals surface area contributed by atoms with E-state index in [1.807, 2.05) is 24.4 Å². The second-order valence-corrected chi connectivity index (χ2v) is 4.64. The molecule has 3 aromatic rings. The first-order valence-corrected chi connectivity index (χ1v) is 6.54. The summed E-state index contributed by atoms with van der Waals surface area (Å²) in [6.07, 6.45) is 1.81. The predicted molar refractivity (Wildman–Crippen MR) is 81.6 cm³/mol. The molecular weight excluding hydrogens is 248 g/mol. The summed E-state index contributed by atoms with van der Waals surface area (Å²) in [5, 5.41) is 1.13. The Balaban J connectivity index is 2.10. The second-order valence-electron chi connectivity index (χ2n) is 4.64. The van der Waals surface area contributed by atoms with Crippen molar-refractivity contribution < 1.29 is 4.74 Å². The average Bonchev–Trinajstić information content (AvgIpc) is 2.53. The summed E-state index contributed by atoms with van der Waals surface area (Å²) in [5.74, 6) is 0.832. The van der Waals surface area contributed by atoms with Gasteiger partial charge in [-0.2, -0.15) is 0 Å². The molecule has 0 atom stereocenters. The molecule has 0 amide bonds. The maximum Gasteiger partial charge on any atom is 0.123 e. The van der Waals surface area contributed by atoms with E-state index < -0.39 is 0 Å². The molecule has 3 nitrogen and oxygen atoms in total. The number of methoxy groups -OCH3 is 1. The molecule has 0 aliphatic rings. The van der Waals surface area contributed by atoms with Gasteiger partial charge >= 0.3 is 0 Å². The Morgan fingerprint density at radius 2 is 1.85 bits per heavy atom. The molecule has 2 N–H and O–H groups in total. The smallest absolute Gasteiger partial charge is 0.123 e. The summed E-state index contributed by atoms with van der Waals surface area (Å²) in [5.41, 5.74) is 10.1. The van der Waals surface area contributed by atoms with Gasteiger partial charge in [-0.25, -0.2) is 0 Å². The van der Waals surface area contributed by atoms with Crippen LogP contribution in [0.2, 0.25) is 0 Å². The lowest BCUT2D eigenvalue weighted by atomic mass is 10.0. The van der Waals surface area contributed by atoms with Crippen LogP contribution in [0.25, 0.3) is 22.0 Å². The average molecular weight is 264 g/mol. The molecule has 0 fully saturated rings. The van der Waals surface area contributed by atoms with E-state index in [0.717, 1.165) is 33.3 Å². The van der Waals surface area contributed by atoms with E-state index in [4.69, 9.17) is 10.5 Å². The van der Waals surface area contributed by atoms with Gasteiger partial charge in [-0.3, -0.25) is 4.98 Å². The van der Waals surface area contributed by atoms with Crippen molar-refractivity contribution in [2.45, 2.75) is 6.54 Å². The van der Waals surface area contributed by atoms with Crippen molar-refractivity contribution in [3.63, 3.8) is 0 Å². The molecule has 3 heteroatoms. The lowest BCUT2D eigenvalue weighted by molar-refractivity contribution is 0.410. The first kappa shape index (κ1) is 12.6. The van der Waals surface area contributed by atoms with Gasteiger partial charge in [0.05, 0.1) is 12.6 Å². The number of rotatable bonds is 3. The van der Waals surface area contributed by atoms with Gasteiger partial charge in [0.15, 0.2) is 0 Å². The number of benzene rings is 2. The van der Waals surface area contributed by atoms with Gasteiger partial charge in [-0.05, 0) is 41.5 Å². The number of hydrogen-bond donors (Lipinski definition) is 1. The van der Waals surface area contributed by atoms with Crippen LogP contribution in [0, 0.1) is 0 Å². The van der Waals surface area contributed by atoms with E-state index in [1.54, 1.807) is 7.11 Å². The molecule has 2 aromatic carbocycles. The standard InChI is InChI=1S/C17H16N2O/c1-20-17-7-5-13(10-15(17)11-18)12-4-6-16-14(9-12)3-2-8-19-16/h2-10H,11,18H2,1H3. The lowest BCUT2D eigenvalue weighted by Crippen LogP contribution is -2.00. The predicted octanol–water partition coefficient (Wildman–Crippen LogP) is 3.37. The number of aromatic nitrogens is 1. The van der Waals surface area contributed by atoms with E-state index in [-0.39, 0.29) is 0 Å². The van der Waals surface area contributed by atoms with Gasteiger partial charge in [0, 0.05) is 23.7 Å². The van der Waals surface area contributed by atoms with Crippen LogP contribution in [-0.2, 0) is 6.54 Å². The number of nitrogens with two attached hydrogens (primary N) is 1. The normalized spacial score (nSPS) is 10.7. The number of fused-ring (bicyclic) bond motifs is 1. The third-order valence-corrected chi connectivity index (χ3v) is 3.44. The zero-order valence-corrected chi connectivity index (χ0v) is 11.3. The van der Waals surface area contributed by atoms with Crippen LogP contribution in [0.1, 0.15) is 5.56 Å². The minimum Gasteiger partial charge on any atom is -0.496 e. The Kier molecular flexibility index (Phi) is 3.35. The van der Waals surface area contributed by atoms with Crippen molar-refractivity contribution in [1.82, 2.24) is 4.98 Å². The fraction of sp³-hybridized carbons (Fsp3) is 0.118. The number of pyridine rings is 1. The molecule has 1 heterocycles. The summed E-state index contributed by atoms with van der Waals surface area (Å²) in [6, 6.07) is 16.4. The van der Waals surface area contributed by atoms with Crippen LogP contribution >= 0.6 is 0 Å². The van der Waals surface area contributed by atoms with Gasteiger partial charge in [0.2, 0.25) is 0 Å². The summed E-state index contributed by atoms with van der Waals surface area (Å²) in [7, 11) is 1.66. The van der Waals surface area contributed by atoms with Crippen molar-refractivity contribution in [1.29, 1.82) is 0 Å². The summed E-state index contributed by atoms with van der Waals surface area (Å²) in [4.78, 5) is 4.34. The number of hydrogen-bond acceptors (Lipinski definition) is 3. The largest absolute Gasteiger partial charge is 0.496 e. The lowest BCUT2D eigenvalue weighted by Gasteiger charge is -2.10. The summed E-state index contributed by atoms with van der Waals surface area (Å²) < 4.78 is 5.31. The van der Waals surface area contributed by atoms with Crippen molar-refractivity contribution in [2.24, 2.45) is 5.73 Å². The Labute approximate surface area is 118 Å². The highest BCUT2D eigenvalue weighted by Crippen LogP contribution is 2.28. The molecule has 20 heavy (non-hydrogen) atoms. The van der Waals surface area contributed by atoms with E-state index in [2.05, 4.69) is 35.3 Å². The van der Waals surface area contributed by atoms with Gasteiger partial charge in [-0.1, -0.05) is 18.2 Å². The van der Waals surface area contributed by atoms with Gasteiger partial charge in [-0.15, -0.1) is 0 Å². The minimum atomic E-state index is 0.464. The molecule has 0 spiro atoms. The maximum atomic E-state index is 5.77. The molecule has 3 rings (SSSR count). The zero-order chi connectivity index (χ0) is 13.9. The zero-order valence-electron chi connectivity index (χ0n) is 11.3. The molecule has 0 unspecified atom stereocenters. The van der Waals surface area contributed by atoms with Crippen molar-refractivity contribution >= 4 is 10.9 Å². The van der Waals surface area contributed by atoms with E-state index in [1.165, 1.54) is 0 Å². The molecule has 0 radical (unpaired) electrons. The topological polar surface area (TPSA) is 48.1 Å². The first-order valence-electron chi connectivity index (χ1n) is 6.54. The van der Waals surface area contributed by atoms with Crippen molar-refractivity contribution in [3.05, 3.63) is 60.3 Å².